The van der Waals surface area contributed by atoms with Crippen LogP contribution in [0.5, 0.6) is 0 Å². The molecule has 0 N–H and O–H groups in total. The fourth-order valence-corrected chi connectivity index (χ4v) is 2.32. The Morgan fingerprint density at radius 3 is 1.70 bits per heavy atom. The molecule has 0 aliphatic carbocycles. The number of benzene rings is 2. The van der Waals surface area contributed by atoms with E-state index < -0.39 is 0 Å². The summed E-state index contributed by atoms with van der Waals surface area (Å²) in [6.07, 6.45) is 1.08. The van der Waals surface area contributed by atoms with Gasteiger partial charge in [-0.05, 0) is 35.4 Å². The summed E-state index contributed by atoms with van der Waals surface area (Å²) in [6.45, 7) is 8.35. The van der Waals surface area contributed by atoms with Gasteiger partial charge in [-0.2, -0.15) is 0 Å². The van der Waals surface area contributed by atoms with Gasteiger partial charge in [-0.15, -0.1) is 0 Å². The second-order valence-corrected chi connectivity index (χ2v) is 6.57. The molecule has 0 spiro atoms. The summed E-state index contributed by atoms with van der Waals surface area (Å²) in [5, 5.41) is 0. The third-order valence-corrected chi connectivity index (χ3v) is 3.31. The molecule has 2 rings (SSSR count). The van der Waals surface area contributed by atoms with Crippen LogP contribution in [0.2, 0.25) is 0 Å². The minimum absolute atomic E-state index is 0.108. The Morgan fingerprint density at radius 1 is 0.850 bits per heavy atom. The second-order valence-electron chi connectivity index (χ2n) is 6.57. The molecule has 0 aliphatic rings. The summed E-state index contributed by atoms with van der Waals surface area (Å²) < 4.78 is 0. The van der Waals surface area contributed by atoms with E-state index in [9.17, 15) is 4.79 Å². The zero-order chi connectivity index (χ0) is 14.8. The van der Waals surface area contributed by atoms with Crippen molar-refractivity contribution >= 4 is 5.78 Å². The lowest BCUT2D eigenvalue weighted by Gasteiger charge is -2.18. The number of Topliss-reactive ketones (excluding diaryl/α,β-unsaturated/α-hetero) is 1. The van der Waals surface area contributed by atoms with E-state index in [1.54, 1.807) is 6.92 Å². The number of hydrogen-bond acceptors (Lipinski definition) is 1. The van der Waals surface area contributed by atoms with Crippen LogP contribution in [-0.2, 0) is 6.42 Å². The molecular weight excluding hydrogens is 244 g/mol. The molecule has 0 bridgehead atoms. The van der Waals surface area contributed by atoms with E-state index in [4.69, 9.17) is 0 Å². The Hall–Kier alpha value is -1.89. The molecule has 1 heteroatoms. The van der Waals surface area contributed by atoms with Gasteiger partial charge in [0.2, 0.25) is 0 Å². The molecule has 0 saturated carbocycles. The molecule has 0 atom stereocenters. The minimum Gasteiger partial charge on any atom is -0.295 e. The van der Waals surface area contributed by atoms with Crippen LogP contribution in [-0.4, -0.2) is 5.78 Å². The van der Waals surface area contributed by atoms with Gasteiger partial charge in [0.15, 0.2) is 5.78 Å². The van der Waals surface area contributed by atoms with Crippen LogP contribution >= 0.6 is 0 Å². The molecule has 2 aromatic rings. The van der Waals surface area contributed by atoms with E-state index >= 15 is 0 Å². The highest BCUT2D eigenvalue weighted by molar-refractivity contribution is 5.94. The minimum atomic E-state index is 0.108. The van der Waals surface area contributed by atoms with E-state index in [1.165, 1.54) is 11.1 Å². The van der Waals surface area contributed by atoms with Crippen LogP contribution in [0.3, 0.4) is 0 Å². The summed E-state index contributed by atoms with van der Waals surface area (Å²) >= 11 is 0. The van der Waals surface area contributed by atoms with Crippen LogP contribution in [0, 0.1) is 5.41 Å². The van der Waals surface area contributed by atoms with Gasteiger partial charge in [0, 0.05) is 5.56 Å². The maximum absolute atomic E-state index is 11.3. The quantitative estimate of drug-likeness (QED) is 0.702. The van der Waals surface area contributed by atoms with Crippen molar-refractivity contribution in [2.75, 3.05) is 0 Å². The van der Waals surface area contributed by atoms with Crippen LogP contribution in [0.15, 0.2) is 48.5 Å². The second kappa shape index (κ2) is 5.62. The van der Waals surface area contributed by atoms with E-state index in [0.717, 1.165) is 17.5 Å². The molecule has 0 amide bonds. The molecule has 0 radical (unpaired) electrons. The number of rotatable bonds is 3. The van der Waals surface area contributed by atoms with Crippen molar-refractivity contribution in [2.45, 2.75) is 34.1 Å². The summed E-state index contributed by atoms with van der Waals surface area (Å²) in [7, 11) is 0. The molecule has 0 saturated heterocycles. The van der Waals surface area contributed by atoms with Crippen molar-refractivity contribution in [2.24, 2.45) is 5.41 Å². The average Bonchev–Trinajstić information content (AvgIpc) is 2.38. The lowest BCUT2D eigenvalue weighted by atomic mass is 9.87. The van der Waals surface area contributed by atoms with Gasteiger partial charge < -0.3 is 0 Å². The topological polar surface area (TPSA) is 17.1 Å². The van der Waals surface area contributed by atoms with Gasteiger partial charge >= 0.3 is 0 Å². The molecule has 0 fully saturated rings. The highest BCUT2D eigenvalue weighted by Crippen LogP contribution is 2.24. The van der Waals surface area contributed by atoms with Gasteiger partial charge in [-0.3, -0.25) is 4.79 Å². The van der Waals surface area contributed by atoms with Gasteiger partial charge in [-0.1, -0.05) is 69.3 Å². The van der Waals surface area contributed by atoms with Crippen LogP contribution in [0.4, 0.5) is 0 Å². The van der Waals surface area contributed by atoms with Crippen molar-refractivity contribution in [3.05, 3.63) is 59.7 Å². The zero-order valence-corrected chi connectivity index (χ0v) is 12.7. The lowest BCUT2D eigenvalue weighted by molar-refractivity contribution is 0.101. The number of ketones is 1. The monoisotopic (exact) mass is 266 g/mol. The fourth-order valence-electron chi connectivity index (χ4n) is 2.32. The van der Waals surface area contributed by atoms with E-state index in [-0.39, 0.29) is 5.78 Å². The van der Waals surface area contributed by atoms with Crippen LogP contribution in [0.1, 0.15) is 43.6 Å². The Bertz CT molecular complexity index is 583. The molecule has 0 aromatic heterocycles. The molecule has 1 nitrogen and oxygen atoms in total. The SMILES string of the molecule is CC(=O)c1ccc(-c2ccc(CC(C)(C)C)cc2)cc1. The normalized spacial score (nSPS) is 11.4. The van der Waals surface area contributed by atoms with Gasteiger partial charge in [0.25, 0.3) is 0 Å². The summed E-state index contributed by atoms with van der Waals surface area (Å²) in [5.74, 6) is 0.108. The van der Waals surface area contributed by atoms with E-state index in [2.05, 4.69) is 45.0 Å². The van der Waals surface area contributed by atoms with Crippen LogP contribution in [0.25, 0.3) is 11.1 Å². The van der Waals surface area contributed by atoms with Crippen molar-refractivity contribution in [3.8, 4) is 11.1 Å². The first-order valence-corrected chi connectivity index (χ1v) is 7.05. The van der Waals surface area contributed by atoms with Gasteiger partial charge in [0.05, 0.1) is 0 Å². The fraction of sp³-hybridized carbons (Fsp3) is 0.316. The zero-order valence-electron chi connectivity index (χ0n) is 12.7. The van der Waals surface area contributed by atoms with Crippen molar-refractivity contribution in [3.63, 3.8) is 0 Å². The standard InChI is InChI=1S/C19H22O/c1-14(20)16-9-11-18(12-10-16)17-7-5-15(6-8-17)13-19(2,3)4/h5-12H,13H2,1-4H3. The Kier molecular flexibility index (Phi) is 4.08. The first-order chi connectivity index (χ1) is 9.35. The third-order valence-electron chi connectivity index (χ3n) is 3.31. The van der Waals surface area contributed by atoms with Crippen LogP contribution < -0.4 is 0 Å². The summed E-state index contributed by atoms with van der Waals surface area (Å²) in [5.41, 5.74) is 4.78. The third kappa shape index (κ3) is 3.80. The Balaban J connectivity index is 2.19. The Morgan fingerprint density at radius 2 is 1.30 bits per heavy atom. The van der Waals surface area contributed by atoms with E-state index in [1.807, 2.05) is 24.3 Å². The number of carbonyl (C=O) groups excluding carboxylic acids is 1. The summed E-state index contributed by atoms with van der Waals surface area (Å²) in [4.78, 5) is 11.3. The maximum atomic E-state index is 11.3. The molecular formula is C19H22O. The Labute approximate surface area is 121 Å². The highest BCUT2D eigenvalue weighted by atomic mass is 16.1. The maximum Gasteiger partial charge on any atom is 0.159 e. The smallest absolute Gasteiger partial charge is 0.159 e. The number of carbonyl (C=O) groups is 1. The largest absolute Gasteiger partial charge is 0.295 e. The van der Waals surface area contributed by atoms with Gasteiger partial charge in [0.1, 0.15) is 0 Å². The molecule has 0 unspecified atom stereocenters. The van der Waals surface area contributed by atoms with E-state index in [0.29, 0.717) is 5.41 Å². The molecule has 0 heterocycles. The molecule has 0 aliphatic heterocycles. The van der Waals surface area contributed by atoms with Crippen molar-refractivity contribution in [1.29, 1.82) is 0 Å². The molecule has 104 valence electrons. The first kappa shape index (κ1) is 14.5. The first-order valence-electron chi connectivity index (χ1n) is 7.05. The van der Waals surface area contributed by atoms with Gasteiger partial charge in [-0.25, -0.2) is 0 Å². The average molecular weight is 266 g/mol. The van der Waals surface area contributed by atoms with Crippen molar-refractivity contribution < 1.29 is 4.79 Å². The number of hydrogen-bond donors (Lipinski definition) is 0. The molecule has 2 aromatic carbocycles. The van der Waals surface area contributed by atoms with Crippen molar-refractivity contribution in [1.82, 2.24) is 0 Å². The summed E-state index contributed by atoms with van der Waals surface area (Å²) in [6, 6.07) is 16.5. The molecule has 20 heavy (non-hydrogen) atoms. The lowest BCUT2D eigenvalue weighted by Crippen LogP contribution is -2.08. The highest BCUT2D eigenvalue weighted by Gasteiger charge is 2.11. The predicted molar refractivity (Wildman–Crippen MR) is 85.0 cm³/mol. The predicted octanol–water partition coefficient (Wildman–Crippen LogP) is 5.14.